The average Bonchev–Trinajstić information content (AvgIpc) is 2.43. The second kappa shape index (κ2) is 6.53. The van der Waals surface area contributed by atoms with Crippen LogP contribution in [0.4, 0.5) is 4.39 Å². The maximum Gasteiger partial charge on any atom is 0.167 e. The number of rotatable bonds is 5. The number of carbonyl (C=O) groups is 1. The molecule has 2 rings (SSSR count). The molecule has 0 aliphatic rings. The number of hydrogen-bond acceptors (Lipinski definition) is 2. The molecule has 0 bridgehead atoms. The van der Waals surface area contributed by atoms with Gasteiger partial charge in [-0.3, -0.25) is 4.79 Å². The van der Waals surface area contributed by atoms with Crippen molar-refractivity contribution in [3.63, 3.8) is 0 Å². The van der Waals surface area contributed by atoms with Crippen molar-refractivity contribution in [2.24, 2.45) is 0 Å². The number of hydrogen-bond donors (Lipinski definition) is 0. The van der Waals surface area contributed by atoms with Crippen LogP contribution >= 0.6 is 11.6 Å². The van der Waals surface area contributed by atoms with E-state index in [1.165, 1.54) is 18.2 Å². The van der Waals surface area contributed by atoms with E-state index in [2.05, 4.69) is 0 Å². The zero-order valence-corrected chi connectivity index (χ0v) is 11.8. The summed E-state index contributed by atoms with van der Waals surface area (Å²) < 4.78 is 18.3. The second-order valence-electron chi connectivity index (χ2n) is 4.29. The molecular weight excluding hydrogens is 279 g/mol. The first-order chi connectivity index (χ1) is 9.60. The summed E-state index contributed by atoms with van der Waals surface area (Å²) in [6, 6.07) is 11.0. The highest BCUT2D eigenvalue weighted by atomic mass is 35.5. The van der Waals surface area contributed by atoms with Crippen LogP contribution < -0.4 is 4.74 Å². The molecule has 0 N–H and O–H groups in total. The summed E-state index contributed by atoms with van der Waals surface area (Å²) in [5.74, 6) is 0.248. The monoisotopic (exact) mass is 292 g/mol. The van der Waals surface area contributed by atoms with Crippen LogP contribution in [0, 0.1) is 5.82 Å². The van der Waals surface area contributed by atoms with E-state index in [0.29, 0.717) is 17.7 Å². The first kappa shape index (κ1) is 14.5. The lowest BCUT2D eigenvalue weighted by Crippen LogP contribution is -2.04. The van der Waals surface area contributed by atoms with Crippen LogP contribution in [0.15, 0.2) is 42.5 Å². The molecule has 0 radical (unpaired) electrons. The van der Waals surface area contributed by atoms with E-state index < -0.39 is 5.82 Å². The number of Topliss-reactive ketones (excluding diaryl/α,β-unsaturated/α-hetero) is 1. The molecule has 0 aliphatic carbocycles. The van der Waals surface area contributed by atoms with Crippen LogP contribution in [0.2, 0.25) is 5.02 Å². The topological polar surface area (TPSA) is 26.3 Å². The van der Waals surface area contributed by atoms with E-state index in [4.69, 9.17) is 16.3 Å². The Bertz CT molecular complexity index is 608. The number of benzene rings is 2. The SMILES string of the molecule is CCOc1ccc(C(=O)Cc2ccc(F)cc2Cl)cc1. The Morgan fingerprint density at radius 1 is 1.20 bits per heavy atom. The zero-order chi connectivity index (χ0) is 14.5. The molecule has 0 saturated heterocycles. The molecule has 0 spiro atoms. The smallest absolute Gasteiger partial charge is 0.167 e. The third kappa shape index (κ3) is 3.58. The predicted octanol–water partition coefficient (Wildman–Crippen LogP) is 4.30. The van der Waals surface area contributed by atoms with E-state index in [0.717, 1.165) is 5.75 Å². The van der Waals surface area contributed by atoms with Crippen molar-refractivity contribution < 1.29 is 13.9 Å². The van der Waals surface area contributed by atoms with Gasteiger partial charge in [0.2, 0.25) is 0 Å². The molecule has 2 aromatic carbocycles. The van der Waals surface area contributed by atoms with Gasteiger partial charge in [-0.25, -0.2) is 4.39 Å². The zero-order valence-electron chi connectivity index (χ0n) is 11.0. The molecular formula is C16H14ClFO2. The third-order valence-electron chi connectivity index (χ3n) is 2.85. The summed E-state index contributed by atoms with van der Waals surface area (Å²) in [5.41, 5.74) is 1.20. The minimum absolute atomic E-state index is 0.0680. The predicted molar refractivity (Wildman–Crippen MR) is 77.1 cm³/mol. The Morgan fingerprint density at radius 2 is 1.90 bits per heavy atom. The van der Waals surface area contributed by atoms with Gasteiger partial charge < -0.3 is 4.74 Å². The molecule has 4 heteroatoms. The van der Waals surface area contributed by atoms with Crippen molar-refractivity contribution in [2.75, 3.05) is 6.61 Å². The molecule has 0 unspecified atom stereocenters. The van der Waals surface area contributed by atoms with Gasteiger partial charge in [0.15, 0.2) is 5.78 Å². The van der Waals surface area contributed by atoms with Gasteiger partial charge in [0.25, 0.3) is 0 Å². The van der Waals surface area contributed by atoms with E-state index in [1.807, 2.05) is 6.92 Å². The minimum atomic E-state index is -0.410. The van der Waals surface area contributed by atoms with Gasteiger partial charge in [0, 0.05) is 17.0 Å². The summed E-state index contributed by atoms with van der Waals surface area (Å²) in [6.45, 7) is 2.48. The standard InChI is InChI=1S/C16H14ClFO2/c1-2-20-14-7-4-11(5-8-14)16(19)9-12-3-6-13(18)10-15(12)17/h3-8,10H,2,9H2,1H3. The van der Waals surface area contributed by atoms with Gasteiger partial charge in [0.05, 0.1) is 6.61 Å². The molecule has 0 amide bonds. The van der Waals surface area contributed by atoms with Crippen LogP contribution in [0.25, 0.3) is 0 Å². The number of ether oxygens (including phenoxy) is 1. The lowest BCUT2D eigenvalue weighted by Gasteiger charge is -2.06. The van der Waals surface area contributed by atoms with Gasteiger partial charge in [-0.15, -0.1) is 0 Å². The van der Waals surface area contributed by atoms with E-state index in [1.54, 1.807) is 24.3 Å². The highest BCUT2D eigenvalue weighted by Gasteiger charge is 2.10. The van der Waals surface area contributed by atoms with Crippen LogP contribution in [0.1, 0.15) is 22.8 Å². The van der Waals surface area contributed by atoms with Gasteiger partial charge >= 0.3 is 0 Å². The third-order valence-corrected chi connectivity index (χ3v) is 3.21. The van der Waals surface area contributed by atoms with Crippen molar-refractivity contribution in [1.82, 2.24) is 0 Å². The average molecular weight is 293 g/mol. The molecule has 20 heavy (non-hydrogen) atoms. The maximum atomic E-state index is 12.9. The molecule has 2 nitrogen and oxygen atoms in total. The molecule has 0 heterocycles. The van der Waals surface area contributed by atoms with Crippen molar-refractivity contribution >= 4 is 17.4 Å². The van der Waals surface area contributed by atoms with Crippen molar-refractivity contribution in [1.29, 1.82) is 0 Å². The summed E-state index contributed by atoms with van der Waals surface area (Å²) in [7, 11) is 0. The van der Waals surface area contributed by atoms with Crippen molar-refractivity contribution in [2.45, 2.75) is 13.3 Å². The first-order valence-corrected chi connectivity index (χ1v) is 6.68. The Morgan fingerprint density at radius 3 is 2.50 bits per heavy atom. The Kier molecular flexibility index (Phi) is 4.74. The van der Waals surface area contributed by atoms with Crippen LogP contribution in [-0.4, -0.2) is 12.4 Å². The Labute approximate surface area is 122 Å². The summed E-state index contributed by atoms with van der Waals surface area (Å²) >= 11 is 5.92. The first-order valence-electron chi connectivity index (χ1n) is 6.30. The van der Waals surface area contributed by atoms with Gasteiger partial charge in [-0.1, -0.05) is 17.7 Å². The van der Waals surface area contributed by atoms with Crippen LogP contribution in [-0.2, 0) is 6.42 Å². The highest BCUT2D eigenvalue weighted by Crippen LogP contribution is 2.20. The maximum absolute atomic E-state index is 12.9. The van der Waals surface area contributed by atoms with Crippen LogP contribution in [0.5, 0.6) is 5.75 Å². The molecule has 0 aliphatic heterocycles. The number of carbonyl (C=O) groups excluding carboxylic acids is 1. The fourth-order valence-corrected chi connectivity index (χ4v) is 2.08. The Hall–Kier alpha value is -1.87. The molecule has 2 aromatic rings. The molecule has 0 saturated carbocycles. The quantitative estimate of drug-likeness (QED) is 0.768. The van der Waals surface area contributed by atoms with Gasteiger partial charge in [0.1, 0.15) is 11.6 Å². The lowest BCUT2D eigenvalue weighted by atomic mass is 10.0. The molecule has 104 valence electrons. The van der Waals surface area contributed by atoms with Crippen molar-refractivity contribution in [3.05, 3.63) is 64.4 Å². The van der Waals surface area contributed by atoms with E-state index in [-0.39, 0.29) is 17.2 Å². The summed E-state index contributed by atoms with van der Waals surface area (Å²) in [6.07, 6.45) is 0.146. The van der Waals surface area contributed by atoms with Crippen LogP contribution in [0.3, 0.4) is 0 Å². The van der Waals surface area contributed by atoms with Gasteiger partial charge in [-0.2, -0.15) is 0 Å². The second-order valence-corrected chi connectivity index (χ2v) is 4.70. The summed E-state index contributed by atoms with van der Waals surface area (Å²) in [4.78, 5) is 12.1. The largest absolute Gasteiger partial charge is 0.494 e. The fourth-order valence-electron chi connectivity index (χ4n) is 1.84. The van der Waals surface area contributed by atoms with E-state index >= 15 is 0 Å². The Balaban J connectivity index is 2.11. The lowest BCUT2D eigenvalue weighted by molar-refractivity contribution is 0.0993. The normalized spacial score (nSPS) is 10.3. The molecule has 0 fully saturated rings. The van der Waals surface area contributed by atoms with E-state index in [9.17, 15) is 9.18 Å². The summed E-state index contributed by atoms with van der Waals surface area (Å²) in [5, 5.41) is 0.268. The fraction of sp³-hybridized carbons (Fsp3) is 0.188. The number of halogens is 2. The highest BCUT2D eigenvalue weighted by molar-refractivity contribution is 6.31. The minimum Gasteiger partial charge on any atom is -0.494 e. The number of ketones is 1. The van der Waals surface area contributed by atoms with Crippen molar-refractivity contribution in [3.8, 4) is 5.75 Å². The molecule has 0 aromatic heterocycles. The van der Waals surface area contributed by atoms with Gasteiger partial charge in [-0.05, 0) is 48.9 Å². The molecule has 0 atom stereocenters.